The molecule has 0 aromatic carbocycles. The lowest BCUT2D eigenvalue weighted by atomic mass is 9.58. The van der Waals surface area contributed by atoms with Gasteiger partial charge in [-0.25, -0.2) is 0 Å². The lowest BCUT2D eigenvalue weighted by Crippen LogP contribution is -2.44. The van der Waals surface area contributed by atoms with E-state index < -0.39 is 10.8 Å². The molecule has 7 atom stereocenters. The van der Waals surface area contributed by atoms with Crippen molar-refractivity contribution < 1.29 is 4.74 Å². The minimum absolute atomic E-state index is 0.00201. The summed E-state index contributed by atoms with van der Waals surface area (Å²) in [6, 6.07) is 8.35. The third-order valence-corrected chi connectivity index (χ3v) is 6.43. The molecule has 110 valence electrons. The van der Waals surface area contributed by atoms with Gasteiger partial charge in [0.15, 0.2) is 10.8 Å². The van der Waals surface area contributed by atoms with Crippen molar-refractivity contribution >= 4 is 0 Å². The summed E-state index contributed by atoms with van der Waals surface area (Å²) < 4.78 is 6.21. The fraction of sp³-hybridized carbons (Fsp3) is 0.765. The molecule has 0 aromatic rings. The molecule has 0 saturated heterocycles. The minimum atomic E-state index is -1.50. The molecular weight excluding hydrogens is 276 g/mol. The van der Waals surface area contributed by atoms with Crippen LogP contribution in [0.25, 0.3) is 0 Å². The third kappa shape index (κ3) is 1.05. The Morgan fingerprint density at radius 1 is 0.727 bits per heavy atom. The monoisotopic (exact) mass is 292 g/mol. The molecule has 0 aromatic heterocycles. The predicted molar refractivity (Wildman–Crippen MR) is 72.9 cm³/mol. The van der Waals surface area contributed by atoms with Crippen molar-refractivity contribution in [2.75, 3.05) is 0 Å². The predicted octanol–water partition coefficient (Wildman–Crippen LogP) is 1.99. The highest BCUT2D eigenvalue weighted by atomic mass is 16.5. The molecule has 2 unspecified atom stereocenters. The van der Waals surface area contributed by atoms with Crippen LogP contribution in [0, 0.1) is 91.7 Å². The zero-order chi connectivity index (χ0) is 16.1. The van der Waals surface area contributed by atoms with Crippen LogP contribution in [-0.4, -0.2) is 11.7 Å². The van der Waals surface area contributed by atoms with Crippen LogP contribution < -0.4 is 0 Å². The van der Waals surface area contributed by atoms with E-state index in [9.17, 15) is 21.0 Å². The van der Waals surface area contributed by atoms with Gasteiger partial charge in [0.2, 0.25) is 0 Å². The van der Waals surface area contributed by atoms with Crippen molar-refractivity contribution in [3.05, 3.63) is 0 Å². The van der Waals surface area contributed by atoms with Crippen LogP contribution in [0.3, 0.4) is 0 Å². The van der Waals surface area contributed by atoms with Crippen LogP contribution in [0.2, 0.25) is 0 Å². The van der Waals surface area contributed by atoms with Crippen molar-refractivity contribution in [3.8, 4) is 24.3 Å². The van der Waals surface area contributed by atoms with E-state index in [2.05, 4.69) is 24.3 Å². The van der Waals surface area contributed by atoms with Crippen LogP contribution >= 0.6 is 0 Å². The van der Waals surface area contributed by atoms with E-state index in [4.69, 9.17) is 4.74 Å². The zero-order valence-electron chi connectivity index (χ0n) is 12.7. The SMILES string of the molecule is CC(C)(C)O[C@@H]1C2[C@@H]3[C@H]2[C@@H]2C1[C@@H]3C(C#N)(C#N)C2(C#N)C#N. The molecule has 5 fully saturated rings. The second kappa shape index (κ2) is 3.46. The van der Waals surface area contributed by atoms with Gasteiger partial charge in [-0.3, -0.25) is 0 Å². The summed E-state index contributed by atoms with van der Waals surface area (Å²) in [5.74, 6) is 0.526. The first-order valence-corrected chi connectivity index (χ1v) is 7.66. The summed E-state index contributed by atoms with van der Waals surface area (Å²) in [4.78, 5) is 0. The molecule has 22 heavy (non-hydrogen) atoms. The van der Waals surface area contributed by atoms with Crippen LogP contribution in [0.4, 0.5) is 0 Å². The van der Waals surface area contributed by atoms with E-state index in [1.54, 1.807) is 0 Å². The average molecular weight is 292 g/mol. The second-order valence-corrected chi connectivity index (χ2v) is 8.12. The van der Waals surface area contributed by atoms with Crippen LogP contribution in [0.5, 0.6) is 0 Å². The maximum Gasteiger partial charge on any atom is 0.179 e. The van der Waals surface area contributed by atoms with E-state index in [-0.39, 0.29) is 41.3 Å². The maximum absolute atomic E-state index is 9.71. The van der Waals surface area contributed by atoms with Gasteiger partial charge >= 0.3 is 0 Å². The summed E-state index contributed by atoms with van der Waals surface area (Å²) in [6.45, 7) is 5.98. The van der Waals surface area contributed by atoms with Gasteiger partial charge < -0.3 is 4.74 Å². The van der Waals surface area contributed by atoms with Crippen molar-refractivity contribution in [2.45, 2.75) is 32.5 Å². The standard InChI is InChI=1S/C17H16N4O/c1-15(2,3)22-14-10-8-9(10)13-11(14)12(8)16(4-18,5-19)17(13,6-20)7-21/h8-14H,1-3H3/t8-,9+,10?,11?,12-,13-,14-/m1/s1. The Bertz CT molecular complexity index is 657. The number of ether oxygens (including phenoxy) is 1. The largest absolute Gasteiger partial charge is 0.372 e. The number of nitrogens with zero attached hydrogens (tertiary/aromatic N) is 4. The Morgan fingerprint density at radius 2 is 1.14 bits per heavy atom. The van der Waals surface area contributed by atoms with Gasteiger partial charge in [-0.15, -0.1) is 0 Å². The highest BCUT2D eigenvalue weighted by Gasteiger charge is 2.93. The number of rotatable bonds is 1. The second-order valence-electron chi connectivity index (χ2n) is 8.12. The molecule has 5 saturated carbocycles. The first kappa shape index (κ1) is 13.6. The highest BCUT2D eigenvalue weighted by molar-refractivity contribution is 5.51. The Hall–Kier alpha value is -2.08. The summed E-state index contributed by atoms with van der Waals surface area (Å²) in [6.07, 6.45) is -0.0188. The minimum Gasteiger partial charge on any atom is -0.372 e. The topological polar surface area (TPSA) is 104 Å². The number of hydrogen-bond acceptors (Lipinski definition) is 5. The van der Waals surface area contributed by atoms with E-state index in [0.29, 0.717) is 5.92 Å². The van der Waals surface area contributed by atoms with Crippen LogP contribution in [-0.2, 0) is 4.74 Å². The van der Waals surface area contributed by atoms with Crippen molar-refractivity contribution in [1.82, 2.24) is 0 Å². The number of nitriles is 4. The molecule has 0 N–H and O–H groups in total. The van der Waals surface area contributed by atoms with E-state index >= 15 is 0 Å². The Balaban J connectivity index is 1.85. The zero-order valence-corrected chi connectivity index (χ0v) is 12.7. The normalized spacial score (nSPS) is 47.1. The Kier molecular flexibility index (Phi) is 2.13. The first-order chi connectivity index (χ1) is 10.3. The fourth-order valence-corrected chi connectivity index (χ4v) is 6.13. The highest BCUT2D eigenvalue weighted by Crippen LogP contribution is 2.89. The molecule has 0 radical (unpaired) electrons. The smallest absolute Gasteiger partial charge is 0.179 e. The summed E-state index contributed by atoms with van der Waals surface area (Å²) >= 11 is 0. The lowest BCUT2D eigenvalue weighted by Gasteiger charge is -2.34. The van der Waals surface area contributed by atoms with Gasteiger partial charge in [0, 0.05) is 11.8 Å². The summed E-state index contributed by atoms with van der Waals surface area (Å²) in [7, 11) is 0. The summed E-state index contributed by atoms with van der Waals surface area (Å²) in [5.41, 5.74) is -3.31. The van der Waals surface area contributed by atoms with Gasteiger partial charge in [-0.05, 0) is 44.4 Å². The lowest BCUT2D eigenvalue weighted by molar-refractivity contribution is -0.0811. The molecule has 5 nitrogen and oxygen atoms in total. The van der Waals surface area contributed by atoms with Crippen molar-refractivity contribution in [1.29, 1.82) is 21.0 Å². The molecule has 5 heteroatoms. The van der Waals surface area contributed by atoms with Crippen LogP contribution in [0.15, 0.2) is 0 Å². The van der Waals surface area contributed by atoms with Gasteiger partial charge in [-0.2, -0.15) is 21.0 Å². The van der Waals surface area contributed by atoms with E-state index in [1.165, 1.54) is 0 Å². The van der Waals surface area contributed by atoms with Gasteiger partial charge in [0.05, 0.1) is 36.0 Å². The number of hydrogen-bond donors (Lipinski definition) is 0. The molecule has 0 spiro atoms. The van der Waals surface area contributed by atoms with Crippen LogP contribution in [0.1, 0.15) is 20.8 Å². The molecular formula is C17H16N4O. The average Bonchev–Trinajstić information content (AvgIpc) is 2.72. The van der Waals surface area contributed by atoms with E-state index in [0.717, 1.165) is 0 Å². The molecule has 5 aliphatic rings. The Labute approximate surface area is 129 Å². The molecule has 5 aliphatic carbocycles. The summed E-state index contributed by atoms with van der Waals surface area (Å²) in [5, 5.41) is 38.8. The fourth-order valence-electron chi connectivity index (χ4n) is 6.13. The van der Waals surface area contributed by atoms with Gasteiger partial charge in [-0.1, -0.05) is 0 Å². The van der Waals surface area contributed by atoms with Crippen molar-refractivity contribution in [2.24, 2.45) is 46.3 Å². The third-order valence-electron chi connectivity index (χ3n) is 6.43. The Morgan fingerprint density at radius 3 is 1.45 bits per heavy atom. The van der Waals surface area contributed by atoms with Gasteiger partial charge in [0.1, 0.15) is 0 Å². The molecule has 0 heterocycles. The van der Waals surface area contributed by atoms with Crippen molar-refractivity contribution in [3.63, 3.8) is 0 Å². The molecule has 6 bridgehead atoms. The molecule has 0 amide bonds. The maximum atomic E-state index is 9.71. The quantitative estimate of drug-likeness (QED) is 0.735. The van der Waals surface area contributed by atoms with E-state index in [1.807, 2.05) is 20.8 Å². The van der Waals surface area contributed by atoms with Gasteiger partial charge in [0.25, 0.3) is 0 Å². The first-order valence-electron chi connectivity index (χ1n) is 7.66. The molecule has 5 rings (SSSR count). The molecule has 0 aliphatic heterocycles.